The van der Waals surface area contributed by atoms with Crippen molar-refractivity contribution in [1.29, 1.82) is 0 Å². The van der Waals surface area contributed by atoms with Gasteiger partial charge in [0.1, 0.15) is 22.9 Å². The van der Waals surface area contributed by atoms with Crippen molar-refractivity contribution >= 4 is 11.8 Å². The third-order valence-corrected chi connectivity index (χ3v) is 3.56. The molecule has 5 nitrogen and oxygen atoms in total. The summed E-state index contributed by atoms with van der Waals surface area (Å²) < 4.78 is 33.5. The molecule has 0 atom stereocenters. The summed E-state index contributed by atoms with van der Waals surface area (Å²) in [5, 5.41) is 0. The summed E-state index contributed by atoms with van der Waals surface area (Å²) in [5.41, 5.74) is 5.20. The monoisotopic (exact) mass is 327 g/mol. The van der Waals surface area contributed by atoms with Gasteiger partial charge in [-0.05, 0) is 38.5 Å². The van der Waals surface area contributed by atoms with Crippen molar-refractivity contribution in [2.45, 2.75) is 32.9 Å². The second-order valence-corrected chi connectivity index (χ2v) is 6.57. The van der Waals surface area contributed by atoms with Crippen molar-refractivity contribution in [3.8, 4) is 0 Å². The van der Waals surface area contributed by atoms with Crippen molar-refractivity contribution in [3.05, 3.63) is 29.3 Å². The van der Waals surface area contributed by atoms with Gasteiger partial charge in [0.2, 0.25) is 0 Å². The maximum Gasteiger partial charge on any atom is 0.410 e. The molecule has 1 aliphatic rings. The minimum Gasteiger partial charge on any atom is -0.444 e. The van der Waals surface area contributed by atoms with Gasteiger partial charge in [0.15, 0.2) is 0 Å². The lowest BCUT2D eigenvalue weighted by atomic mass is 10.1. The van der Waals surface area contributed by atoms with E-state index in [0.717, 1.165) is 0 Å². The van der Waals surface area contributed by atoms with E-state index in [4.69, 9.17) is 10.5 Å². The molecule has 0 saturated carbocycles. The van der Waals surface area contributed by atoms with E-state index >= 15 is 0 Å². The first kappa shape index (κ1) is 17.5. The van der Waals surface area contributed by atoms with Crippen LogP contribution in [-0.2, 0) is 11.3 Å². The van der Waals surface area contributed by atoms with E-state index in [1.165, 1.54) is 12.1 Å². The summed E-state index contributed by atoms with van der Waals surface area (Å²) in [7, 11) is 0. The number of amides is 1. The molecule has 0 unspecified atom stereocenters. The topological polar surface area (TPSA) is 58.8 Å². The quantitative estimate of drug-likeness (QED) is 0.907. The van der Waals surface area contributed by atoms with Crippen LogP contribution < -0.4 is 10.6 Å². The molecule has 1 saturated heterocycles. The molecular formula is C16H23F2N3O2. The van der Waals surface area contributed by atoms with Gasteiger partial charge in [-0.3, -0.25) is 0 Å². The Labute approximate surface area is 135 Å². The molecule has 0 spiro atoms. The van der Waals surface area contributed by atoms with E-state index in [9.17, 15) is 13.6 Å². The van der Waals surface area contributed by atoms with Crippen LogP contribution in [0.25, 0.3) is 0 Å². The second kappa shape index (κ2) is 6.70. The first-order valence-corrected chi connectivity index (χ1v) is 7.62. The Bertz CT molecular complexity index is 556. The number of nitrogens with two attached hydrogens (primary N) is 1. The maximum absolute atomic E-state index is 14.1. The van der Waals surface area contributed by atoms with Crippen molar-refractivity contribution in [1.82, 2.24) is 4.90 Å². The average molecular weight is 327 g/mol. The lowest BCUT2D eigenvalue weighted by Crippen LogP contribution is -2.50. The Morgan fingerprint density at radius 2 is 1.70 bits per heavy atom. The summed E-state index contributed by atoms with van der Waals surface area (Å²) in [6, 6.07) is 2.50. The van der Waals surface area contributed by atoms with Gasteiger partial charge < -0.3 is 20.3 Å². The highest BCUT2D eigenvalue weighted by atomic mass is 19.1. The number of nitrogens with zero attached hydrogens (tertiary/aromatic N) is 2. The second-order valence-electron chi connectivity index (χ2n) is 6.57. The fraction of sp³-hybridized carbons (Fsp3) is 0.562. The molecule has 1 aromatic rings. The van der Waals surface area contributed by atoms with Crippen LogP contribution in [0, 0.1) is 11.6 Å². The average Bonchev–Trinajstić information content (AvgIpc) is 2.45. The normalized spacial score (nSPS) is 15.7. The predicted octanol–water partition coefficient (Wildman–Crippen LogP) is 2.48. The highest BCUT2D eigenvalue weighted by Gasteiger charge is 2.28. The molecule has 1 fully saturated rings. The van der Waals surface area contributed by atoms with Gasteiger partial charge in [-0.1, -0.05) is 0 Å². The van der Waals surface area contributed by atoms with Crippen LogP contribution in [0.2, 0.25) is 0 Å². The van der Waals surface area contributed by atoms with Crippen LogP contribution in [0.1, 0.15) is 26.3 Å². The number of rotatable bonds is 2. The summed E-state index contributed by atoms with van der Waals surface area (Å²) in [6.45, 7) is 6.87. The molecule has 0 aliphatic carbocycles. The minimum atomic E-state index is -0.629. The predicted molar refractivity (Wildman–Crippen MR) is 84.3 cm³/mol. The van der Waals surface area contributed by atoms with Crippen LogP contribution >= 0.6 is 0 Å². The molecule has 2 N–H and O–H groups in total. The number of hydrogen-bond donors (Lipinski definition) is 1. The van der Waals surface area contributed by atoms with E-state index in [0.29, 0.717) is 31.7 Å². The highest BCUT2D eigenvalue weighted by molar-refractivity contribution is 5.68. The Balaban J connectivity index is 2.04. The lowest BCUT2D eigenvalue weighted by molar-refractivity contribution is 0.0240. The summed E-state index contributed by atoms with van der Waals surface area (Å²) in [4.78, 5) is 15.1. The van der Waals surface area contributed by atoms with E-state index in [1.807, 2.05) is 0 Å². The molecule has 128 valence electrons. The van der Waals surface area contributed by atoms with Crippen molar-refractivity contribution in [2.24, 2.45) is 5.73 Å². The molecule has 7 heteroatoms. The smallest absolute Gasteiger partial charge is 0.410 e. The molecule has 1 amide bonds. The van der Waals surface area contributed by atoms with Crippen LogP contribution in [-0.4, -0.2) is 42.8 Å². The number of piperazine rings is 1. The van der Waals surface area contributed by atoms with Crippen molar-refractivity contribution < 1.29 is 18.3 Å². The summed E-state index contributed by atoms with van der Waals surface area (Å²) in [6.07, 6.45) is -0.406. The minimum absolute atomic E-state index is 0.0639. The number of ether oxygens (including phenoxy) is 1. The van der Waals surface area contributed by atoms with Crippen LogP contribution in [0.15, 0.2) is 12.1 Å². The van der Waals surface area contributed by atoms with Gasteiger partial charge in [-0.25, -0.2) is 13.6 Å². The third kappa shape index (κ3) is 4.31. The molecule has 0 aromatic heterocycles. The first-order chi connectivity index (χ1) is 10.7. The SMILES string of the molecule is CC(C)(C)OC(=O)N1CCN(c2c(F)cc(CN)cc2F)CC1. The van der Waals surface area contributed by atoms with Crippen molar-refractivity contribution in [3.63, 3.8) is 0 Å². The van der Waals surface area contributed by atoms with Gasteiger partial charge in [0, 0.05) is 32.7 Å². The van der Waals surface area contributed by atoms with Gasteiger partial charge in [-0.2, -0.15) is 0 Å². The standard InChI is InChI=1S/C16H23F2N3O2/c1-16(2,3)23-15(22)21-6-4-20(5-7-21)14-12(17)8-11(10-19)9-13(14)18/h8-9H,4-7,10,19H2,1-3H3. The zero-order valence-corrected chi connectivity index (χ0v) is 13.7. The van der Waals surface area contributed by atoms with Crippen molar-refractivity contribution in [2.75, 3.05) is 31.1 Å². The molecule has 0 radical (unpaired) electrons. The number of halogens is 2. The van der Waals surface area contributed by atoms with Crippen LogP contribution in [0.5, 0.6) is 0 Å². The molecule has 0 bridgehead atoms. The highest BCUT2D eigenvalue weighted by Crippen LogP contribution is 2.26. The first-order valence-electron chi connectivity index (χ1n) is 7.62. The number of hydrogen-bond acceptors (Lipinski definition) is 4. The van der Waals surface area contributed by atoms with E-state index in [-0.39, 0.29) is 12.2 Å². The van der Waals surface area contributed by atoms with Crippen LogP contribution in [0.3, 0.4) is 0 Å². The number of carbonyl (C=O) groups is 1. The number of carbonyl (C=O) groups excluding carboxylic acids is 1. The maximum atomic E-state index is 14.1. The molecule has 1 heterocycles. The number of benzene rings is 1. The Morgan fingerprint density at radius 1 is 1.17 bits per heavy atom. The Hall–Kier alpha value is -1.89. The van der Waals surface area contributed by atoms with Gasteiger partial charge in [-0.15, -0.1) is 0 Å². The van der Waals surface area contributed by atoms with E-state index in [2.05, 4.69) is 0 Å². The zero-order chi connectivity index (χ0) is 17.2. The van der Waals surface area contributed by atoms with Gasteiger partial charge in [0.05, 0.1) is 0 Å². The fourth-order valence-corrected chi connectivity index (χ4v) is 2.48. The molecule has 1 aliphatic heterocycles. The van der Waals surface area contributed by atoms with Gasteiger partial charge >= 0.3 is 6.09 Å². The number of anilines is 1. The largest absolute Gasteiger partial charge is 0.444 e. The summed E-state index contributed by atoms with van der Waals surface area (Å²) in [5.74, 6) is -1.26. The van der Waals surface area contributed by atoms with E-state index < -0.39 is 23.3 Å². The van der Waals surface area contributed by atoms with Crippen LogP contribution in [0.4, 0.5) is 19.3 Å². The van der Waals surface area contributed by atoms with Gasteiger partial charge in [0.25, 0.3) is 0 Å². The fourth-order valence-electron chi connectivity index (χ4n) is 2.48. The molecule has 1 aromatic carbocycles. The lowest BCUT2D eigenvalue weighted by Gasteiger charge is -2.37. The Kier molecular flexibility index (Phi) is 5.09. The zero-order valence-electron chi connectivity index (χ0n) is 13.7. The molecular weight excluding hydrogens is 304 g/mol. The summed E-state index contributed by atoms with van der Waals surface area (Å²) >= 11 is 0. The molecule has 23 heavy (non-hydrogen) atoms. The molecule has 2 rings (SSSR count). The third-order valence-electron chi connectivity index (χ3n) is 3.56. The van der Waals surface area contributed by atoms with E-state index in [1.54, 1.807) is 30.6 Å². The Morgan fingerprint density at radius 3 is 2.13 bits per heavy atom.